The summed E-state index contributed by atoms with van der Waals surface area (Å²) in [5.74, 6) is 0.0948. The molecule has 0 radical (unpaired) electrons. The van der Waals surface area contributed by atoms with Crippen LogP contribution in [0.15, 0.2) is 121 Å². The average molecular weight is 439 g/mol. The molecule has 5 rings (SSSR count). The van der Waals surface area contributed by atoms with Gasteiger partial charge >= 0.3 is 0 Å². The smallest absolute Gasteiger partial charge is 0.157 e. The van der Waals surface area contributed by atoms with E-state index >= 15 is 4.57 Å². The van der Waals surface area contributed by atoms with Crippen LogP contribution in [0.3, 0.4) is 0 Å². The van der Waals surface area contributed by atoms with Crippen LogP contribution < -0.4 is 5.30 Å². The zero-order valence-corrected chi connectivity index (χ0v) is 18.8. The molecule has 0 bridgehead atoms. The minimum absolute atomic E-state index is 0.0948. The molecule has 1 heterocycles. The lowest BCUT2D eigenvalue weighted by Gasteiger charge is -2.48. The number of benzene rings is 4. The largest absolute Gasteiger partial charge is 0.377 e. The van der Waals surface area contributed by atoms with E-state index in [1.165, 1.54) is 5.56 Å². The van der Waals surface area contributed by atoms with Gasteiger partial charge in [-0.3, -0.25) is 0 Å². The Morgan fingerprint density at radius 2 is 1.12 bits per heavy atom. The minimum atomic E-state index is -3.34. The van der Waals surface area contributed by atoms with Crippen LogP contribution in [0.1, 0.15) is 41.1 Å². The van der Waals surface area contributed by atoms with Crippen molar-refractivity contribution in [2.24, 2.45) is 0 Å². The average Bonchev–Trinajstić information content (AvgIpc) is 2.87. The van der Waals surface area contributed by atoms with Gasteiger partial charge in [0, 0.05) is 11.0 Å². The monoisotopic (exact) mass is 438 g/mol. The Hall–Kier alpha value is -2.93. The van der Waals surface area contributed by atoms with Crippen molar-refractivity contribution in [2.45, 2.75) is 29.8 Å². The summed E-state index contributed by atoms with van der Waals surface area (Å²) in [6.45, 7) is 0. The third-order valence-electron chi connectivity index (χ3n) is 6.86. The van der Waals surface area contributed by atoms with Crippen LogP contribution in [0, 0.1) is 0 Å². The summed E-state index contributed by atoms with van der Waals surface area (Å²) >= 11 is 0. The van der Waals surface area contributed by atoms with Crippen molar-refractivity contribution in [3.05, 3.63) is 138 Å². The second-order valence-corrected chi connectivity index (χ2v) is 11.8. The lowest BCUT2D eigenvalue weighted by Crippen LogP contribution is -2.39. The van der Waals surface area contributed by atoms with E-state index in [1.54, 1.807) is 0 Å². The van der Waals surface area contributed by atoms with Crippen LogP contribution in [0.2, 0.25) is 0 Å². The molecule has 0 amide bonds. The third-order valence-corrected chi connectivity index (χ3v) is 10.9. The predicted molar refractivity (Wildman–Crippen MR) is 132 cm³/mol. The van der Waals surface area contributed by atoms with Gasteiger partial charge in [-0.25, -0.2) is 0 Å². The van der Waals surface area contributed by atoms with E-state index in [0.717, 1.165) is 22.9 Å². The van der Waals surface area contributed by atoms with E-state index in [-0.39, 0.29) is 11.6 Å². The topological polar surface area (TPSA) is 37.3 Å². The molecule has 4 aromatic carbocycles. The second-order valence-electron chi connectivity index (χ2n) is 8.65. The molecule has 4 atom stereocenters. The van der Waals surface area contributed by atoms with Gasteiger partial charge in [0.15, 0.2) is 7.14 Å². The van der Waals surface area contributed by atoms with Crippen molar-refractivity contribution < 1.29 is 9.67 Å². The molecule has 32 heavy (non-hydrogen) atoms. The van der Waals surface area contributed by atoms with Gasteiger partial charge in [-0.15, -0.1) is 0 Å². The molecule has 1 aliphatic heterocycles. The Bertz CT molecular complexity index is 1210. The molecule has 3 heteroatoms. The summed E-state index contributed by atoms with van der Waals surface area (Å²) in [5, 5.41) is 11.8. The lowest BCUT2D eigenvalue weighted by molar-refractivity contribution is 0.0919. The SMILES string of the molecule is O=P1(c2ccccc2)C(c2ccccc2)CC(c2ccccc2)CC1(O)c1ccccc1. The predicted octanol–water partition coefficient (Wildman–Crippen LogP) is 6.84. The summed E-state index contributed by atoms with van der Waals surface area (Å²) in [5.41, 5.74) is 2.65. The Morgan fingerprint density at radius 1 is 0.656 bits per heavy atom. The minimum Gasteiger partial charge on any atom is -0.377 e. The fraction of sp³-hybridized carbons (Fsp3) is 0.172. The summed E-state index contributed by atoms with van der Waals surface area (Å²) in [4.78, 5) is 0. The van der Waals surface area contributed by atoms with E-state index < -0.39 is 12.5 Å². The zero-order chi connectivity index (χ0) is 22.0. The normalized spacial score (nSPS) is 27.7. The molecule has 4 unspecified atom stereocenters. The van der Waals surface area contributed by atoms with E-state index in [2.05, 4.69) is 24.3 Å². The van der Waals surface area contributed by atoms with E-state index in [1.807, 2.05) is 97.1 Å². The molecule has 1 fully saturated rings. The summed E-state index contributed by atoms with van der Waals surface area (Å²) in [6.07, 6.45) is 1.16. The highest BCUT2D eigenvalue weighted by molar-refractivity contribution is 7.72. The Morgan fingerprint density at radius 3 is 1.69 bits per heavy atom. The molecular weight excluding hydrogens is 411 g/mol. The number of hydrogen-bond acceptors (Lipinski definition) is 2. The van der Waals surface area contributed by atoms with Gasteiger partial charge in [-0.1, -0.05) is 121 Å². The van der Waals surface area contributed by atoms with Crippen molar-refractivity contribution in [3.63, 3.8) is 0 Å². The summed E-state index contributed by atoms with van der Waals surface area (Å²) < 4.78 is 15.3. The molecule has 1 saturated heterocycles. The first kappa shape index (κ1) is 20.9. The van der Waals surface area contributed by atoms with E-state index in [4.69, 9.17) is 0 Å². The second kappa shape index (κ2) is 8.54. The zero-order valence-electron chi connectivity index (χ0n) is 17.9. The molecule has 4 aromatic rings. The van der Waals surface area contributed by atoms with Crippen molar-refractivity contribution in [1.82, 2.24) is 0 Å². The van der Waals surface area contributed by atoms with Gasteiger partial charge in [0.1, 0.15) is 5.34 Å². The third kappa shape index (κ3) is 3.45. The molecule has 0 saturated carbocycles. The van der Waals surface area contributed by atoms with Gasteiger partial charge in [0.25, 0.3) is 0 Å². The van der Waals surface area contributed by atoms with Crippen LogP contribution in [0.25, 0.3) is 0 Å². The number of hydrogen-bond donors (Lipinski definition) is 1. The molecular formula is C29H27O2P. The Balaban J connectivity index is 1.77. The maximum atomic E-state index is 15.3. The summed E-state index contributed by atoms with van der Waals surface area (Å²) in [6, 6.07) is 39.7. The number of aliphatic hydroxyl groups is 1. The van der Waals surface area contributed by atoms with Crippen LogP contribution >= 0.6 is 7.14 Å². The number of rotatable bonds is 4. The van der Waals surface area contributed by atoms with Crippen LogP contribution in [-0.2, 0) is 9.91 Å². The van der Waals surface area contributed by atoms with E-state index in [0.29, 0.717) is 6.42 Å². The highest BCUT2D eigenvalue weighted by Crippen LogP contribution is 2.76. The Labute approximate surface area is 190 Å². The molecule has 0 spiro atoms. The molecule has 0 aliphatic carbocycles. The highest BCUT2D eigenvalue weighted by atomic mass is 31.2. The first-order chi connectivity index (χ1) is 15.6. The van der Waals surface area contributed by atoms with Crippen molar-refractivity contribution in [2.75, 3.05) is 0 Å². The molecule has 1 N–H and O–H groups in total. The molecule has 160 valence electrons. The lowest BCUT2D eigenvalue weighted by atomic mass is 9.85. The van der Waals surface area contributed by atoms with Crippen LogP contribution in [0.5, 0.6) is 0 Å². The molecule has 2 nitrogen and oxygen atoms in total. The highest BCUT2D eigenvalue weighted by Gasteiger charge is 2.58. The maximum absolute atomic E-state index is 15.3. The van der Waals surface area contributed by atoms with Gasteiger partial charge in [0.05, 0.1) is 0 Å². The first-order valence-electron chi connectivity index (χ1n) is 11.2. The van der Waals surface area contributed by atoms with Gasteiger partial charge < -0.3 is 9.67 Å². The van der Waals surface area contributed by atoms with Gasteiger partial charge in [-0.05, 0) is 35.4 Å². The van der Waals surface area contributed by atoms with Crippen LogP contribution in [-0.4, -0.2) is 5.11 Å². The van der Waals surface area contributed by atoms with Gasteiger partial charge in [0.2, 0.25) is 0 Å². The standard InChI is InChI=1S/C29H27O2P/c30-29(26-17-9-3-10-18-26)22-25(23-13-5-1-6-14-23)21-28(24-15-7-2-8-16-24)32(29,31)27-19-11-4-12-20-27/h1-20,25,28,30H,21-22H2. The maximum Gasteiger partial charge on any atom is 0.157 e. The quantitative estimate of drug-likeness (QED) is 0.354. The Kier molecular flexibility index (Phi) is 5.59. The van der Waals surface area contributed by atoms with Crippen molar-refractivity contribution in [3.8, 4) is 0 Å². The molecule has 1 aliphatic rings. The van der Waals surface area contributed by atoms with Crippen molar-refractivity contribution in [1.29, 1.82) is 0 Å². The fourth-order valence-corrected chi connectivity index (χ4v) is 9.38. The summed E-state index contributed by atoms with van der Waals surface area (Å²) in [7, 11) is -3.34. The van der Waals surface area contributed by atoms with E-state index in [9.17, 15) is 5.11 Å². The van der Waals surface area contributed by atoms with Crippen LogP contribution in [0.4, 0.5) is 0 Å². The molecule has 0 aromatic heterocycles. The van der Waals surface area contributed by atoms with Crippen molar-refractivity contribution >= 4 is 12.4 Å². The fourth-order valence-electron chi connectivity index (χ4n) is 5.30. The van der Waals surface area contributed by atoms with Gasteiger partial charge in [-0.2, -0.15) is 0 Å². The first-order valence-corrected chi connectivity index (χ1v) is 12.9.